The van der Waals surface area contributed by atoms with Gasteiger partial charge in [-0.15, -0.1) is 11.3 Å². The van der Waals surface area contributed by atoms with Gasteiger partial charge in [0.05, 0.1) is 21.6 Å². The fraction of sp³-hybridized carbons (Fsp3) is 0. The first-order valence-electron chi connectivity index (χ1n) is 9.03. The van der Waals surface area contributed by atoms with Crippen LogP contribution in [-0.2, 0) is 0 Å². The van der Waals surface area contributed by atoms with Gasteiger partial charge in [-0.05, 0) is 23.8 Å². The first-order valence-corrected chi connectivity index (χ1v) is 10.7. The van der Waals surface area contributed by atoms with E-state index in [-0.39, 0.29) is 5.63 Å². The topological polar surface area (TPSA) is 43.1 Å². The highest BCUT2D eigenvalue weighted by Crippen LogP contribution is 2.36. The van der Waals surface area contributed by atoms with Crippen molar-refractivity contribution in [3.63, 3.8) is 0 Å². The van der Waals surface area contributed by atoms with E-state index in [1.54, 1.807) is 5.51 Å². The fourth-order valence-electron chi connectivity index (χ4n) is 3.40. The third-order valence-electron chi connectivity index (χ3n) is 4.77. The molecule has 2 aromatic heterocycles. The Bertz CT molecular complexity index is 1370. The minimum atomic E-state index is -0.358. The van der Waals surface area contributed by atoms with Crippen LogP contribution >= 0.6 is 27.3 Å². The lowest BCUT2D eigenvalue weighted by Gasteiger charge is -2.08. The van der Waals surface area contributed by atoms with Gasteiger partial charge in [-0.3, -0.25) is 0 Å². The molecular weight excluding hydrogens is 446 g/mol. The fourth-order valence-corrected chi connectivity index (χ4v) is 4.48. The van der Waals surface area contributed by atoms with E-state index >= 15 is 0 Å². The maximum absolute atomic E-state index is 13.0. The molecule has 5 heteroatoms. The summed E-state index contributed by atoms with van der Waals surface area (Å²) in [7, 11) is 0. The number of thiazole rings is 1. The summed E-state index contributed by atoms with van der Waals surface area (Å²) < 4.78 is 6.84. The molecule has 0 N–H and O–H groups in total. The molecule has 0 bridgehead atoms. The Kier molecular flexibility index (Phi) is 4.62. The quantitative estimate of drug-likeness (QED) is 0.272. The molecule has 0 aliphatic rings. The predicted octanol–water partition coefficient (Wildman–Crippen LogP) is 7.01. The minimum Gasteiger partial charge on any atom is -0.422 e. The molecule has 140 valence electrons. The van der Waals surface area contributed by atoms with Crippen LogP contribution in [0, 0.1) is 0 Å². The average Bonchev–Trinajstić information content (AvgIpc) is 3.24. The highest BCUT2D eigenvalue weighted by atomic mass is 79.9. The van der Waals surface area contributed by atoms with Crippen LogP contribution in [0.25, 0.3) is 43.8 Å². The predicted molar refractivity (Wildman–Crippen MR) is 122 cm³/mol. The maximum Gasteiger partial charge on any atom is 0.345 e. The summed E-state index contributed by atoms with van der Waals surface area (Å²) >= 11 is 4.90. The first kappa shape index (κ1) is 18.0. The number of hydrogen-bond acceptors (Lipinski definition) is 4. The molecular formula is C24H14BrNO2S. The van der Waals surface area contributed by atoms with Gasteiger partial charge in [-0.1, -0.05) is 76.6 Å². The molecule has 29 heavy (non-hydrogen) atoms. The number of nitrogens with zero attached hydrogens (tertiary/aromatic N) is 1. The highest BCUT2D eigenvalue weighted by Gasteiger charge is 2.17. The van der Waals surface area contributed by atoms with E-state index in [0.717, 1.165) is 37.1 Å². The number of benzene rings is 3. The molecule has 0 saturated heterocycles. The number of hydrogen-bond donors (Lipinski definition) is 0. The van der Waals surface area contributed by atoms with Crippen LogP contribution in [-0.4, -0.2) is 4.98 Å². The lowest BCUT2D eigenvalue weighted by atomic mass is 10.0. The van der Waals surface area contributed by atoms with Crippen LogP contribution < -0.4 is 5.63 Å². The van der Waals surface area contributed by atoms with Gasteiger partial charge in [0.25, 0.3) is 0 Å². The molecule has 5 rings (SSSR count). The summed E-state index contributed by atoms with van der Waals surface area (Å²) in [5.41, 5.74) is 6.20. The zero-order chi connectivity index (χ0) is 19.8. The molecule has 0 saturated carbocycles. The third kappa shape index (κ3) is 3.33. The monoisotopic (exact) mass is 459 g/mol. The van der Waals surface area contributed by atoms with Crippen molar-refractivity contribution in [3.8, 4) is 32.8 Å². The summed E-state index contributed by atoms with van der Waals surface area (Å²) in [4.78, 5) is 18.3. The Morgan fingerprint density at radius 1 is 0.828 bits per heavy atom. The van der Waals surface area contributed by atoms with Crippen molar-refractivity contribution < 1.29 is 4.42 Å². The molecule has 0 radical (unpaired) electrons. The van der Waals surface area contributed by atoms with Crippen molar-refractivity contribution in [2.45, 2.75) is 0 Å². The molecule has 2 heterocycles. The van der Waals surface area contributed by atoms with Gasteiger partial charge < -0.3 is 4.42 Å². The van der Waals surface area contributed by atoms with Gasteiger partial charge in [0.2, 0.25) is 0 Å². The zero-order valence-electron chi connectivity index (χ0n) is 15.1. The molecule has 3 nitrogen and oxygen atoms in total. The second-order valence-corrected chi connectivity index (χ2v) is 8.34. The van der Waals surface area contributed by atoms with Crippen molar-refractivity contribution in [1.82, 2.24) is 4.98 Å². The van der Waals surface area contributed by atoms with E-state index in [9.17, 15) is 4.79 Å². The lowest BCUT2D eigenvalue weighted by molar-refractivity contribution is 0.564. The second-order valence-electron chi connectivity index (χ2n) is 6.57. The minimum absolute atomic E-state index is 0.358. The van der Waals surface area contributed by atoms with Crippen molar-refractivity contribution >= 4 is 38.2 Å². The van der Waals surface area contributed by atoms with E-state index in [4.69, 9.17) is 4.42 Å². The molecule has 0 atom stereocenters. The average molecular weight is 460 g/mol. The smallest absolute Gasteiger partial charge is 0.345 e. The van der Waals surface area contributed by atoms with Crippen LogP contribution in [0.15, 0.2) is 98.1 Å². The zero-order valence-corrected chi connectivity index (χ0v) is 17.5. The Morgan fingerprint density at radius 3 is 2.41 bits per heavy atom. The van der Waals surface area contributed by atoms with E-state index < -0.39 is 0 Å². The number of para-hydroxylation sites is 1. The van der Waals surface area contributed by atoms with Gasteiger partial charge in [-0.25, -0.2) is 9.78 Å². The molecule has 0 aliphatic heterocycles. The summed E-state index contributed by atoms with van der Waals surface area (Å²) in [6.45, 7) is 0. The van der Waals surface area contributed by atoms with E-state index in [1.807, 2.05) is 78.9 Å². The SMILES string of the molecule is O=c1oc2c(-c3ccc(Br)cc3)cccc2cc1-c1scnc1-c1ccccc1. The molecule has 5 aromatic rings. The molecule has 0 aliphatic carbocycles. The third-order valence-corrected chi connectivity index (χ3v) is 6.16. The van der Waals surface area contributed by atoms with Gasteiger partial charge in [0.15, 0.2) is 0 Å². The van der Waals surface area contributed by atoms with Gasteiger partial charge in [0, 0.05) is 21.0 Å². The molecule has 3 aromatic carbocycles. The number of fused-ring (bicyclic) bond motifs is 1. The molecule has 0 fully saturated rings. The van der Waals surface area contributed by atoms with Crippen molar-refractivity contribution in [3.05, 3.63) is 99.3 Å². The van der Waals surface area contributed by atoms with Gasteiger partial charge in [-0.2, -0.15) is 0 Å². The number of aromatic nitrogens is 1. The van der Waals surface area contributed by atoms with Gasteiger partial charge >= 0.3 is 5.63 Å². The van der Waals surface area contributed by atoms with Gasteiger partial charge in [0.1, 0.15) is 5.58 Å². The Balaban J connectivity index is 1.69. The Hall–Kier alpha value is -3.02. The van der Waals surface area contributed by atoms with E-state index in [0.29, 0.717) is 11.1 Å². The van der Waals surface area contributed by atoms with Crippen LogP contribution in [0.5, 0.6) is 0 Å². The van der Waals surface area contributed by atoms with Crippen LogP contribution in [0.2, 0.25) is 0 Å². The highest BCUT2D eigenvalue weighted by molar-refractivity contribution is 9.10. The Labute approximate surface area is 179 Å². The summed E-state index contributed by atoms with van der Waals surface area (Å²) in [6, 6.07) is 25.7. The largest absolute Gasteiger partial charge is 0.422 e. The molecule has 0 unspecified atom stereocenters. The lowest BCUT2D eigenvalue weighted by Crippen LogP contribution is -2.03. The summed E-state index contributed by atoms with van der Waals surface area (Å²) in [5, 5.41) is 0.882. The molecule has 0 amide bonds. The first-order chi connectivity index (χ1) is 14.2. The summed E-state index contributed by atoms with van der Waals surface area (Å²) in [6.07, 6.45) is 0. The van der Waals surface area contributed by atoms with Crippen molar-refractivity contribution in [1.29, 1.82) is 0 Å². The summed E-state index contributed by atoms with van der Waals surface area (Å²) in [5.74, 6) is 0. The number of halogens is 1. The van der Waals surface area contributed by atoms with Crippen LogP contribution in [0.4, 0.5) is 0 Å². The van der Waals surface area contributed by atoms with Crippen LogP contribution in [0.3, 0.4) is 0 Å². The van der Waals surface area contributed by atoms with Crippen molar-refractivity contribution in [2.75, 3.05) is 0 Å². The van der Waals surface area contributed by atoms with Crippen molar-refractivity contribution in [2.24, 2.45) is 0 Å². The molecule has 0 spiro atoms. The normalized spacial score (nSPS) is 11.1. The number of rotatable bonds is 3. The van der Waals surface area contributed by atoms with E-state index in [2.05, 4.69) is 20.9 Å². The van der Waals surface area contributed by atoms with Crippen LogP contribution in [0.1, 0.15) is 0 Å². The van der Waals surface area contributed by atoms with E-state index in [1.165, 1.54) is 11.3 Å². The standard InChI is InChI=1S/C24H14BrNO2S/c25-18-11-9-15(10-12-18)19-8-4-7-17-13-20(24(27)28-22(17)19)23-21(26-14-29-23)16-5-2-1-3-6-16/h1-14H. The Morgan fingerprint density at radius 2 is 1.62 bits per heavy atom. The maximum atomic E-state index is 13.0. The second kappa shape index (κ2) is 7.43.